The number of thiazole rings is 1. The number of amides is 1. The van der Waals surface area contributed by atoms with Gasteiger partial charge in [-0.1, -0.05) is 18.2 Å². The summed E-state index contributed by atoms with van der Waals surface area (Å²) in [6.45, 7) is 6.01. The first kappa shape index (κ1) is 19.4. The molecule has 2 aromatic heterocycles. The number of fused-ring (bicyclic) bond motifs is 2. The molecule has 0 aliphatic carbocycles. The lowest BCUT2D eigenvalue weighted by molar-refractivity contribution is -0.118. The van der Waals surface area contributed by atoms with E-state index in [0.717, 1.165) is 62.0 Å². The number of rotatable bonds is 5. The van der Waals surface area contributed by atoms with Crippen LogP contribution in [0.1, 0.15) is 17.7 Å². The lowest BCUT2D eigenvalue weighted by Crippen LogP contribution is -2.47. The quantitative estimate of drug-likeness (QED) is 0.627. The van der Waals surface area contributed by atoms with E-state index in [1.54, 1.807) is 16.7 Å². The van der Waals surface area contributed by atoms with E-state index in [0.29, 0.717) is 13.0 Å². The normalized spacial score (nSPS) is 17.5. The molecule has 0 atom stereocenters. The number of anilines is 1. The number of benzene rings is 1. The molecule has 2 aliphatic rings. The van der Waals surface area contributed by atoms with Crippen molar-refractivity contribution < 1.29 is 4.79 Å². The first-order chi connectivity index (χ1) is 14.7. The summed E-state index contributed by atoms with van der Waals surface area (Å²) in [5, 5.41) is 1.88. The molecule has 1 amide bonds. The van der Waals surface area contributed by atoms with Crippen LogP contribution < -0.4 is 10.5 Å². The van der Waals surface area contributed by atoms with Gasteiger partial charge in [0.15, 0.2) is 4.96 Å². The van der Waals surface area contributed by atoms with Crippen molar-refractivity contribution in [1.82, 2.24) is 19.2 Å². The van der Waals surface area contributed by atoms with Crippen LogP contribution in [-0.2, 0) is 17.8 Å². The average molecular weight is 424 g/mol. The van der Waals surface area contributed by atoms with Crippen LogP contribution in [0.2, 0.25) is 0 Å². The summed E-state index contributed by atoms with van der Waals surface area (Å²) in [4.78, 5) is 36.9. The van der Waals surface area contributed by atoms with Crippen molar-refractivity contribution in [1.29, 1.82) is 0 Å². The van der Waals surface area contributed by atoms with Gasteiger partial charge in [-0.15, -0.1) is 11.3 Å². The zero-order chi connectivity index (χ0) is 20.5. The van der Waals surface area contributed by atoms with Crippen LogP contribution in [-0.4, -0.2) is 64.4 Å². The SMILES string of the molecule is O=C(CCN1CCN(Cc2cc(=O)n3ccsc3n2)CC1)N1CCc2ccccc21. The molecule has 7 nitrogen and oxygen atoms in total. The highest BCUT2D eigenvalue weighted by atomic mass is 32.1. The summed E-state index contributed by atoms with van der Waals surface area (Å²) in [5.41, 5.74) is 3.17. The van der Waals surface area contributed by atoms with E-state index < -0.39 is 0 Å². The minimum atomic E-state index is -0.0168. The minimum Gasteiger partial charge on any atom is -0.312 e. The summed E-state index contributed by atoms with van der Waals surface area (Å²) in [6.07, 6.45) is 3.27. The van der Waals surface area contributed by atoms with Gasteiger partial charge in [0.05, 0.1) is 5.69 Å². The van der Waals surface area contributed by atoms with Gasteiger partial charge in [0.2, 0.25) is 5.91 Å². The molecule has 1 aromatic carbocycles. The lowest BCUT2D eigenvalue weighted by atomic mass is 10.2. The van der Waals surface area contributed by atoms with Crippen molar-refractivity contribution in [2.45, 2.75) is 19.4 Å². The molecule has 8 heteroatoms. The monoisotopic (exact) mass is 423 g/mol. The molecule has 0 spiro atoms. The first-order valence-corrected chi connectivity index (χ1v) is 11.3. The summed E-state index contributed by atoms with van der Waals surface area (Å²) < 4.78 is 1.59. The first-order valence-electron chi connectivity index (χ1n) is 10.5. The molecule has 0 N–H and O–H groups in total. The molecule has 0 bridgehead atoms. The number of piperazine rings is 1. The maximum absolute atomic E-state index is 12.7. The Bertz CT molecular complexity index is 1120. The van der Waals surface area contributed by atoms with E-state index in [9.17, 15) is 9.59 Å². The zero-order valence-electron chi connectivity index (χ0n) is 16.9. The summed E-state index contributed by atoms with van der Waals surface area (Å²) in [6, 6.07) is 9.84. The van der Waals surface area contributed by atoms with Crippen molar-refractivity contribution in [2.75, 3.05) is 44.2 Å². The largest absolute Gasteiger partial charge is 0.312 e. The summed E-state index contributed by atoms with van der Waals surface area (Å²) in [7, 11) is 0. The van der Waals surface area contributed by atoms with Gasteiger partial charge in [-0.2, -0.15) is 0 Å². The highest BCUT2D eigenvalue weighted by molar-refractivity contribution is 7.15. The average Bonchev–Trinajstić information content (AvgIpc) is 3.40. The second-order valence-electron chi connectivity index (χ2n) is 7.93. The Morgan fingerprint density at radius 1 is 1.07 bits per heavy atom. The highest BCUT2D eigenvalue weighted by Gasteiger charge is 2.25. The number of carbonyl (C=O) groups is 1. The van der Waals surface area contributed by atoms with Crippen LogP contribution in [0.3, 0.4) is 0 Å². The molecule has 3 aromatic rings. The molecular formula is C22H25N5O2S. The Morgan fingerprint density at radius 2 is 1.87 bits per heavy atom. The second kappa shape index (κ2) is 8.29. The molecule has 1 saturated heterocycles. The topological polar surface area (TPSA) is 61.2 Å². The fourth-order valence-electron chi connectivity index (χ4n) is 4.35. The number of para-hydroxylation sites is 1. The van der Waals surface area contributed by atoms with Crippen molar-refractivity contribution in [3.8, 4) is 0 Å². The van der Waals surface area contributed by atoms with Gasteiger partial charge in [-0.3, -0.25) is 18.9 Å². The van der Waals surface area contributed by atoms with Crippen LogP contribution in [0.15, 0.2) is 46.7 Å². The fraction of sp³-hybridized carbons (Fsp3) is 0.409. The van der Waals surface area contributed by atoms with Gasteiger partial charge in [0.1, 0.15) is 0 Å². The maximum atomic E-state index is 12.7. The van der Waals surface area contributed by atoms with Gasteiger partial charge in [-0.05, 0) is 18.1 Å². The molecule has 2 aliphatic heterocycles. The van der Waals surface area contributed by atoms with E-state index in [1.165, 1.54) is 16.9 Å². The molecular weight excluding hydrogens is 398 g/mol. The van der Waals surface area contributed by atoms with Crippen molar-refractivity contribution in [3.05, 3.63) is 63.5 Å². The van der Waals surface area contributed by atoms with Gasteiger partial charge in [0.25, 0.3) is 5.56 Å². The lowest BCUT2D eigenvalue weighted by Gasteiger charge is -2.34. The molecule has 5 rings (SSSR count). The molecule has 4 heterocycles. The van der Waals surface area contributed by atoms with Gasteiger partial charge in [0, 0.05) is 75.6 Å². The highest BCUT2D eigenvalue weighted by Crippen LogP contribution is 2.27. The second-order valence-corrected chi connectivity index (χ2v) is 8.81. The van der Waals surface area contributed by atoms with E-state index in [2.05, 4.69) is 20.9 Å². The Kier molecular flexibility index (Phi) is 5.37. The predicted octanol–water partition coefficient (Wildman–Crippen LogP) is 1.85. The van der Waals surface area contributed by atoms with E-state index in [-0.39, 0.29) is 11.5 Å². The number of carbonyl (C=O) groups excluding carboxylic acids is 1. The third kappa shape index (κ3) is 3.90. The molecule has 156 valence electrons. The van der Waals surface area contributed by atoms with Gasteiger partial charge < -0.3 is 9.80 Å². The number of nitrogens with zero attached hydrogens (tertiary/aromatic N) is 5. The van der Waals surface area contributed by atoms with E-state index in [1.807, 2.05) is 28.5 Å². The van der Waals surface area contributed by atoms with Gasteiger partial charge >= 0.3 is 0 Å². The van der Waals surface area contributed by atoms with Gasteiger partial charge in [-0.25, -0.2) is 4.98 Å². The molecule has 0 saturated carbocycles. The maximum Gasteiger partial charge on any atom is 0.258 e. The van der Waals surface area contributed by atoms with Crippen molar-refractivity contribution in [2.24, 2.45) is 0 Å². The third-order valence-corrected chi connectivity index (χ3v) is 6.79. The predicted molar refractivity (Wildman–Crippen MR) is 118 cm³/mol. The van der Waals surface area contributed by atoms with Crippen molar-refractivity contribution in [3.63, 3.8) is 0 Å². The number of aromatic nitrogens is 2. The summed E-state index contributed by atoms with van der Waals surface area (Å²) in [5.74, 6) is 0.219. The van der Waals surface area contributed by atoms with Crippen LogP contribution in [0.4, 0.5) is 5.69 Å². The Hall–Kier alpha value is -2.55. The third-order valence-electron chi connectivity index (χ3n) is 6.04. The summed E-state index contributed by atoms with van der Waals surface area (Å²) >= 11 is 1.48. The fourth-order valence-corrected chi connectivity index (χ4v) is 5.09. The van der Waals surface area contributed by atoms with Crippen LogP contribution in [0.5, 0.6) is 0 Å². The molecule has 0 unspecified atom stereocenters. The molecule has 1 fully saturated rings. The Labute approximate surface area is 179 Å². The molecule has 30 heavy (non-hydrogen) atoms. The molecule has 0 radical (unpaired) electrons. The smallest absolute Gasteiger partial charge is 0.258 e. The standard InChI is InChI=1S/C22H25N5O2S/c28-20(26-8-5-17-3-1-2-4-19(17)26)6-7-24-9-11-25(12-10-24)16-18-15-21(29)27-13-14-30-22(27)23-18/h1-4,13-15H,5-12,16H2. The Morgan fingerprint density at radius 3 is 2.73 bits per heavy atom. The Balaban J connectivity index is 1.11. The van der Waals surface area contributed by atoms with Crippen LogP contribution in [0, 0.1) is 0 Å². The van der Waals surface area contributed by atoms with Crippen LogP contribution >= 0.6 is 11.3 Å². The van der Waals surface area contributed by atoms with E-state index in [4.69, 9.17) is 0 Å². The number of hydrogen-bond acceptors (Lipinski definition) is 6. The van der Waals surface area contributed by atoms with E-state index >= 15 is 0 Å². The number of hydrogen-bond donors (Lipinski definition) is 0. The van der Waals surface area contributed by atoms with Crippen molar-refractivity contribution >= 4 is 27.9 Å². The minimum absolute atomic E-state index is 0.0168. The zero-order valence-corrected chi connectivity index (χ0v) is 17.7. The van der Waals surface area contributed by atoms with Crippen LogP contribution in [0.25, 0.3) is 4.96 Å².